The Morgan fingerprint density at radius 3 is 1.27 bits per heavy atom. The molecule has 0 saturated heterocycles. The van der Waals surface area contributed by atoms with E-state index in [0.29, 0.717) is 35.8 Å². The molecule has 0 aliphatic heterocycles. The number of rotatable bonds is 15. The van der Waals surface area contributed by atoms with Crippen LogP contribution in [0, 0.1) is 11.6 Å². The number of unbranched alkanes of at least 4 members (excludes halogenated alkanes) is 7. The lowest BCUT2D eigenvalue weighted by Gasteiger charge is -2.08. The minimum Gasteiger partial charge on any atom is -0.493 e. The molecule has 166 valence electrons. The van der Waals surface area contributed by atoms with Gasteiger partial charge in [0.2, 0.25) is 0 Å². The highest BCUT2D eigenvalue weighted by Gasteiger charge is 2.04. The van der Waals surface area contributed by atoms with E-state index in [1.165, 1.54) is 37.8 Å². The van der Waals surface area contributed by atoms with Gasteiger partial charge in [0, 0.05) is 36.3 Å². The molecule has 2 aromatic carbocycles. The van der Waals surface area contributed by atoms with Gasteiger partial charge in [-0.25, -0.2) is 8.78 Å². The summed E-state index contributed by atoms with van der Waals surface area (Å²) >= 11 is 0. The van der Waals surface area contributed by atoms with Gasteiger partial charge in [-0.3, -0.25) is 0 Å². The predicted octanol–water partition coefficient (Wildman–Crippen LogP) is 5.46. The molecule has 0 fully saturated rings. The third-order valence-corrected chi connectivity index (χ3v) is 5.07. The molecule has 4 nitrogen and oxygen atoms in total. The number of nitrogens with two attached hydrogens (primary N) is 2. The summed E-state index contributed by atoms with van der Waals surface area (Å²) in [4.78, 5) is 0. The lowest BCUT2D eigenvalue weighted by molar-refractivity contribution is 0.299. The van der Waals surface area contributed by atoms with Gasteiger partial charge in [0.05, 0.1) is 13.2 Å². The fourth-order valence-corrected chi connectivity index (χ4v) is 3.21. The van der Waals surface area contributed by atoms with Gasteiger partial charge in [0.25, 0.3) is 0 Å². The standard InChI is InChI=1S/C24H34F2N2O2/c25-23-15-21(11-9-19(23)17-27)29-13-7-5-3-1-2-4-6-8-14-30-22-12-10-20(18-28)24(26)16-22/h9-12,15-16H,1-8,13-14,17-18,27-28H2. The van der Waals surface area contributed by atoms with Crippen LogP contribution in [0.1, 0.15) is 62.5 Å². The van der Waals surface area contributed by atoms with Crippen molar-refractivity contribution in [3.8, 4) is 11.5 Å². The van der Waals surface area contributed by atoms with E-state index < -0.39 is 0 Å². The molecule has 0 atom stereocenters. The summed E-state index contributed by atoms with van der Waals surface area (Å²) in [6, 6.07) is 9.67. The van der Waals surface area contributed by atoms with E-state index in [-0.39, 0.29) is 24.7 Å². The molecule has 0 heterocycles. The molecular formula is C24H34F2N2O2. The summed E-state index contributed by atoms with van der Waals surface area (Å²) in [7, 11) is 0. The fraction of sp³-hybridized carbons (Fsp3) is 0.500. The van der Waals surface area contributed by atoms with Crippen molar-refractivity contribution < 1.29 is 18.3 Å². The van der Waals surface area contributed by atoms with Gasteiger partial charge in [0.1, 0.15) is 23.1 Å². The smallest absolute Gasteiger partial charge is 0.131 e. The highest BCUT2D eigenvalue weighted by atomic mass is 19.1. The van der Waals surface area contributed by atoms with Crippen molar-refractivity contribution in [2.24, 2.45) is 11.5 Å². The third-order valence-electron chi connectivity index (χ3n) is 5.07. The van der Waals surface area contributed by atoms with Crippen molar-refractivity contribution >= 4 is 0 Å². The van der Waals surface area contributed by atoms with Gasteiger partial charge < -0.3 is 20.9 Å². The second-order valence-electron chi connectivity index (χ2n) is 7.44. The van der Waals surface area contributed by atoms with E-state index in [0.717, 1.165) is 25.7 Å². The highest BCUT2D eigenvalue weighted by Crippen LogP contribution is 2.18. The van der Waals surface area contributed by atoms with Crippen molar-refractivity contribution in [3.63, 3.8) is 0 Å². The van der Waals surface area contributed by atoms with Gasteiger partial charge >= 0.3 is 0 Å². The quantitative estimate of drug-likeness (QED) is 0.375. The summed E-state index contributed by atoms with van der Waals surface area (Å²) in [5, 5.41) is 0. The van der Waals surface area contributed by atoms with Crippen LogP contribution in [0.25, 0.3) is 0 Å². The van der Waals surface area contributed by atoms with Crippen LogP contribution in [0.5, 0.6) is 11.5 Å². The maximum atomic E-state index is 13.6. The second kappa shape index (κ2) is 13.9. The first-order chi connectivity index (χ1) is 14.6. The molecule has 0 radical (unpaired) electrons. The van der Waals surface area contributed by atoms with Gasteiger partial charge in [-0.15, -0.1) is 0 Å². The monoisotopic (exact) mass is 420 g/mol. The van der Waals surface area contributed by atoms with Crippen LogP contribution in [-0.2, 0) is 13.1 Å². The molecule has 0 amide bonds. The first kappa shape index (κ1) is 24.1. The van der Waals surface area contributed by atoms with Crippen LogP contribution in [0.3, 0.4) is 0 Å². The largest absolute Gasteiger partial charge is 0.493 e. The Kier molecular flexibility index (Phi) is 11.2. The summed E-state index contributed by atoms with van der Waals surface area (Å²) < 4.78 is 38.4. The first-order valence-corrected chi connectivity index (χ1v) is 10.9. The normalized spacial score (nSPS) is 10.9. The van der Waals surface area contributed by atoms with E-state index in [2.05, 4.69) is 0 Å². The van der Waals surface area contributed by atoms with Gasteiger partial charge in [0.15, 0.2) is 0 Å². The predicted molar refractivity (Wildman–Crippen MR) is 117 cm³/mol. The Morgan fingerprint density at radius 2 is 0.933 bits per heavy atom. The van der Waals surface area contributed by atoms with E-state index >= 15 is 0 Å². The third kappa shape index (κ3) is 8.67. The second-order valence-corrected chi connectivity index (χ2v) is 7.44. The summed E-state index contributed by atoms with van der Waals surface area (Å²) in [5.74, 6) is 0.504. The summed E-state index contributed by atoms with van der Waals surface area (Å²) in [6.07, 6.45) is 8.90. The van der Waals surface area contributed by atoms with Gasteiger partial charge in [-0.05, 0) is 25.0 Å². The Labute approximate surface area is 178 Å². The minimum atomic E-state index is -0.308. The highest BCUT2D eigenvalue weighted by molar-refractivity contribution is 5.29. The van der Waals surface area contributed by atoms with Gasteiger partial charge in [-0.1, -0.05) is 50.7 Å². The Hall–Kier alpha value is -2.18. The van der Waals surface area contributed by atoms with Crippen molar-refractivity contribution in [1.29, 1.82) is 0 Å². The molecule has 0 spiro atoms. The van der Waals surface area contributed by atoms with Crippen LogP contribution in [-0.4, -0.2) is 13.2 Å². The minimum absolute atomic E-state index is 0.197. The van der Waals surface area contributed by atoms with Crippen molar-refractivity contribution in [2.75, 3.05) is 13.2 Å². The molecular weight excluding hydrogens is 386 g/mol. The molecule has 0 saturated carbocycles. The molecule has 4 N–H and O–H groups in total. The molecule has 0 aliphatic carbocycles. The first-order valence-electron chi connectivity index (χ1n) is 10.9. The molecule has 0 unspecified atom stereocenters. The maximum Gasteiger partial charge on any atom is 0.131 e. The van der Waals surface area contributed by atoms with Crippen LogP contribution < -0.4 is 20.9 Å². The lowest BCUT2D eigenvalue weighted by Crippen LogP contribution is -2.02. The van der Waals surface area contributed by atoms with Gasteiger partial charge in [-0.2, -0.15) is 0 Å². The fourth-order valence-electron chi connectivity index (χ4n) is 3.21. The lowest BCUT2D eigenvalue weighted by atomic mass is 10.1. The topological polar surface area (TPSA) is 70.5 Å². The number of halogens is 2. The molecule has 0 bridgehead atoms. The van der Waals surface area contributed by atoms with E-state index in [1.807, 2.05) is 0 Å². The SMILES string of the molecule is NCc1ccc(OCCCCCCCCCCOc2ccc(CN)c(F)c2)cc1F. The van der Waals surface area contributed by atoms with Crippen LogP contribution in [0.2, 0.25) is 0 Å². The summed E-state index contributed by atoms with van der Waals surface area (Å²) in [5.41, 5.74) is 11.9. The van der Waals surface area contributed by atoms with Crippen molar-refractivity contribution in [1.82, 2.24) is 0 Å². The van der Waals surface area contributed by atoms with E-state index in [4.69, 9.17) is 20.9 Å². The molecule has 0 aromatic heterocycles. The Morgan fingerprint density at radius 1 is 0.567 bits per heavy atom. The van der Waals surface area contributed by atoms with Crippen LogP contribution in [0.15, 0.2) is 36.4 Å². The number of benzene rings is 2. The maximum absolute atomic E-state index is 13.6. The van der Waals surface area contributed by atoms with E-state index in [9.17, 15) is 8.78 Å². The average Bonchev–Trinajstić information content (AvgIpc) is 2.74. The zero-order valence-electron chi connectivity index (χ0n) is 17.7. The average molecular weight is 421 g/mol. The number of ether oxygens (including phenoxy) is 2. The molecule has 2 rings (SSSR count). The zero-order valence-corrected chi connectivity index (χ0v) is 17.7. The van der Waals surface area contributed by atoms with Crippen molar-refractivity contribution in [3.05, 3.63) is 59.2 Å². The Bertz CT molecular complexity index is 692. The summed E-state index contributed by atoms with van der Waals surface area (Å²) in [6.45, 7) is 1.60. The number of hydrogen-bond acceptors (Lipinski definition) is 4. The molecule has 0 aliphatic rings. The Balaban J connectivity index is 1.41. The van der Waals surface area contributed by atoms with Crippen molar-refractivity contribution in [2.45, 2.75) is 64.5 Å². The molecule has 2 aromatic rings. The molecule has 6 heteroatoms. The zero-order chi connectivity index (χ0) is 21.6. The van der Waals surface area contributed by atoms with Crippen LogP contribution >= 0.6 is 0 Å². The van der Waals surface area contributed by atoms with Crippen LogP contribution in [0.4, 0.5) is 8.78 Å². The van der Waals surface area contributed by atoms with E-state index in [1.54, 1.807) is 24.3 Å². The number of hydrogen-bond donors (Lipinski definition) is 2. The molecule has 30 heavy (non-hydrogen) atoms.